The zero-order chi connectivity index (χ0) is 19.8. The van der Waals surface area contributed by atoms with E-state index in [1.807, 2.05) is 0 Å². The van der Waals surface area contributed by atoms with E-state index in [2.05, 4.69) is 13.8 Å². The number of rotatable bonds is 8. The van der Waals surface area contributed by atoms with Crippen molar-refractivity contribution in [2.24, 2.45) is 29.6 Å². The van der Waals surface area contributed by atoms with Gasteiger partial charge in [-0.25, -0.2) is 0 Å². The highest BCUT2D eigenvalue weighted by atomic mass is 16.5. The van der Waals surface area contributed by atoms with Crippen molar-refractivity contribution < 1.29 is 9.53 Å². The van der Waals surface area contributed by atoms with E-state index >= 15 is 0 Å². The molecule has 2 heteroatoms. The third kappa shape index (κ3) is 6.49. The van der Waals surface area contributed by atoms with Gasteiger partial charge in [0, 0.05) is 0 Å². The number of hydrogen-bond donors (Lipinski definition) is 0. The van der Waals surface area contributed by atoms with Crippen LogP contribution in [0.5, 0.6) is 0 Å². The highest BCUT2D eigenvalue weighted by Crippen LogP contribution is 2.42. The van der Waals surface area contributed by atoms with E-state index in [9.17, 15) is 4.79 Å². The molecule has 0 saturated heterocycles. The molecule has 3 rings (SSSR count). The summed E-state index contributed by atoms with van der Waals surface area (Å²) in [5, 5.41) is 0. The molecule has 0 bridgehead atoms. The standard InChI is InChI=1S/C26H46O2/c1-3-5-7-21-8-12-22(13-9-21)23-14-16-24(17-15-23)26(27)28-25-18-10-20(6-4-2)11-19-25/h20-25H,3-19H2,1-2H3/t20?,21-,22-,23-,24-,25?. The van der Waals surface area contributed by atoms with Crippen molar-refractivity contribution in [3.63, 3.8) is 0 Å². The van der Waals surface area contributed by atoms with E-state index in [1.165, 1.54) is 83.5 Å². The molecule has 162 valence electrons. The molecule has 0 aromatic carbocycles. The summed E-state index contributed by atoms with van der Waals surface area (Å²) in [6.07, 6.45) is 22.4. The summed E-state index contributed by atoms with van der Waals surface area (Å²) >= 11 is 0. The van der Waals surface area contributed by atoms with Crippen molar-refractivity contribution in [2.75, 3.05) is 0 Å². The van der Waals surface area contributed by atoms with Crippen LogP contribution < -0.4 is 0 Å². The number of ether oxygens (including phenoxy) is 1. The second-order valence-corrected chi connectivity index (χ2v) is 10.4. The van der Waals surface area contributed by atoms with Crippen LogP contribution in [-0.2, 0) is 9.53 Å². The Labute approximate surface area is 174 Å². The molecule has 3 aliphatic rings. The van der Waals surface area contributed by atoms with Crippen LogP contribution in [0.25, 0.3) is 0 Å². The van der Waals surface area contributed by atoms with Gasteiger partial charge in [-0.2, -0.15) is 0 Å². The largest absolute Gasteiger partial charge is 0.462 e. The molecule has 0 N–H and O–H groups in total. The maximum absolute atomic E-state index is 12.7. The van der Waals surface area contributed by atoms with Crippen LogP contribution in [0.1, 0.15) is 123 Å². The van der Waals surface area contributed by atoms with Gasteiger partial charge < -0.3 is 4.74 Å². The third-order valence-electron chi connectivity index (χ3n) is 8.40. The predicted molar refractivity (Wildman–Crippen MR) is 117 cm³/mol. The molecule has 3 saturated carbocycles. The molecule has 3 fully saturated rings. The topological polar surface area (TPSA) is 26.3 Å². The lowest BCUT2D eigenvalue weighted by atomic mass is 9.68. The summed E-state index contributed by atoms with van der Waals surface area (Å²) in [4.78, 5) is 12.7. The molecule has 0 heterocycles. The molecular formula is C26H46O2. The molecule has 28 heavy (non-hydrogen) atoms. The normalized spacial score (nSPS) is 36.8. The van der Waals surface area contributed by atoms with Gasteiger partial charge in [0.15, 0.2) is 0 Å². The van der Waals surface area contributed by atoms with Gasteiger partial charge in [-0.3, -0.25) is 4.79 Å². The van der Waals surface area contributed by atoms with Crippen LogP contribution in [0.4, 0.5) is 0 Å². The SMILES string of the molecule is CCCC[C@H]1CC[C@H]([C@H]2CC[C@H](C(=O)OC3CCC(CCC)CC3)CC2)CC1. The third-order valence-corrected chi connectivity index (χ3v) is 8.40. The van der Waals surface area contributed by atoms with E-state index in [0.29, 0.717) is 0 Å². The maximum atomic E-state index is 12.7. The van der Waals surface area contributed by atoms with Crippen molar-refractivity contribution in [1.82, 2.24) is 0 Å². The molecule has 0 aliphatic heterocycles. The first-order valence-electron chi connectivity index (χ1n) is 12.9. The van der Waals surface area contributed by atoms with Crippen LogP contribution >= 0.6 is 0 Å². The minimum atomic E-state index is 0.140. The van der Waals surface area contributed by atoms with Crippen molar-refractivity contribution >= 4 is 5.97 Å². The van der Waals surface area contributed by atoms with Crippen LogP contribution in [0, 0.1) is 29.6 Å². The fourth-order valence-corrected chi connectivity index (χ4v) is 6.47. The van der Waals surface area contributed by atoms with Gasteiger partial charge in [-0.1, -0.05) is 58.8 Å². The molecule has 2 nitrogen and oxygen atoms in total. The first-order valence-corrected chi connectivity index (χ1v) is 12.9. The molecule has 0 radical (unpaired) electrons. The second kappa shape index (κ2) is 11.6. The summed E-state index contributed by atoms with van der Waals surface area (Å²) in [5.74, 6) is 4.07. The fraction of sp³-hybridized carbons (Fsp3) is 0.962. The number of hydrogen-bond acceptors (Lipinski definition) is 2. The molecule has 0 aromatic heterocycles. The number of esters is 1. The lowest BCUT2D eigenvalue weighted by Crippen LogP contribution is -2.32. The average molecular weight is 391 g/mol. The van der Waals surface area contributed by atoms with Crippen molar-refractivity contribution in [3.05, 3.63) is 0 Å². The van der Waals surface area contributed by atoms with Gasteiger partial charge >= 0.3 is 5.97 Å². The predicted octanol–water partition coefficient (Wildman–Crippen LogP) is 7.69. The Bertz CT molecular complexity index is 435. The Kier molecular flexibility index (Phi) is 9.18. The van der Waals surface area contributed by atoms with Gasteiger partial charge in [0.2, 0.25) is 0 Å². The summed E-state index contributed by atoms with van der Waals surface area (Å²) < 4.78 is 5.95. The maximum Gasteiger partial charge on any atom is 0.309 e. The smallest absolute Gasteiger partial charge is 0.309 e. The summed E-state index contributed by atoms with van der Waals surface area (Å²) in [5.41, 5.74) is 0. The zero-order valence-corrected chi connectivity index (χ0v) is 18.8. The lowest BCUT2D eigenvalue weighted by Gasteiger charge is -2.38. The minimum Gasteiger partial charge on any atom is -0.462 e. The first kappa shape index (κ1) is 22.2. The molecule has 0 unspecified atom stereocenters. The highest BCUT2D eigenvalue weighted by Gasteiger charge is 2.34. The number of carbonyl (C=O) groups excluding carboxylic acids is 1. The van der Waals surface area contributed by atoms with E-state index in [-0.39, 0.29) is 18.0 Å². The Balaban J connectivity index is 1.32. The molecule has 3 aliphatic carbocycles. The lowest BCUT2D eigenvalue weighted by molar-refractivity contribution is -0.157. The van der Waals surface area contributed by atoms with Crippen LogP contribution in [-0.4, -0.2) is 12.1 Å². The van der Waals surface area contributed by atoms with Crippen molar-refractivity contribution in [1.29, 1.82) is 0 Å². The van der Waals surface area contributed by atoms with Gasteiger partial charge in [0.25, 0.3) is 0 Å². The van der Waals surface area contributed by atoms with E-state index in [0.717, 1.165) is 49.4 Å². The molecule has 0 atom stereocenters. The Morgan fingerprint density at radius 1 is 0.679 bits per heavy atom. The van der Waals surface area contributed by atoms with Crippen LogP contribution in [0.2, 0.25) is 0 Å². The van der Waals surface area contributed by atoms with E-state index in [4.69, 9.17) is 4.74 Å². The van der Waals surface area contributed by atoms with E-state index < -0.39 is 0 Å². The van der Waals surface area contributed by atoms with Crippen LogP contribution in [0.15, 0.2) is 0 Å². The molecular weight excluding hydrogens is 344 g/mol. The first-order chi connectivity index (χ1) is 13.7. The van der Waals surface area contributed by atoms with Gasteiger partial charge in [0.05, 0.1) is 5.92 Å². The quantitative estimate of drug-likeness (QED) is 0.397. The van der Waals surface area contributed by atoms with Crippen molar-refractivity contribution in [3.8, 4) is 0 Å². The molecule has 0 amide bonds. The van der Waals surface area contributed by atoms with Crippen molar-refractivity contribution in [2.45, 2.75) is 129 Å². The second-order valence-electron chi connectivity index (χ2n) is 10.4. The molecule has 0 aromatic rings. The fourth-order valence-electron chi connectivity index (χ4n) is 6.47. The monoisotopic (exact) mass is 390 g/mol. The Hall–Kier alpha value is -0.530. The van der Waals surface area contributed by atoms with Gasteiger partial charge in [-0.05, 0) is 87.9 Å². The van der Waals surface area contributed by atoms with Crippen LogP contribution in [0.3, 0.4) is 0 Å². The van der Waals surface area contributed by atoms with Gasteiger partial charge in [0.1, 0.15) is 6.10 Å². The molecule has 0 spiro atoms. The number of unbranched alkanes of at least 4 members (excludes halogenated alkanes) is 1. The average Bonchev–Trinajstić information content (AvgIpc) is 2.74. The zero-order valence-electron chi connectivity index (χ0n) is 18.8. The summed E-state index contributed by atoms with van der Waals surface area (Å²) in [7, 11) is 0. The Morgan fingerprint density at radius 2 is 1.21 bits per heavy atom. The number of carbonyl (C=O) groups is 1. The van der Waals surface area contributed by atoms with E-state index in [1.54, 1.807) is 0 Å². The highest BCUT2D eigenvalue weighted by molar-refractivity contribution is 5.72. The van der Waals surface area contributed by atoms with Gasteiger partial charge in [-0.15, -0.1) is 0 Å². The Morgan fingerprint density at radius 3 is 1.79 bits per heavy atom. The summed E-state index contributed by atoms with van der Waals surface area (Å²) in [6.45, 7) is 4.59. The minimum absolute atomic E-state index is 0.140. The summed E-state index contributed by atoms with van der Waals surface area (Å²) in [6, 6.07) is 0.